The van der Waals surface area contributed by atoms with Crippen molar-refractivity contribution >= 4 is 15.5 Å². The summed E-state index contributed by atoms with van der Waals surface area (Å²) in [5.74, 6) is -1.77. The van der Waals surface area contributed by atoms with Gasteiger partial charge in [0.25, 0.3) is 0 Å². The topological polar surface area (TPSA) is 46.2 Å². The van der Waals surface area contributed by atoms with Crippen molar-refractivity contribution in [3.63, 3.8) is 0 Å². The molecule has 1 aromatic carbocycles. The van der Waals surface area contributed by atoms with Crippen LogP contribution in [0.4, 0.5) is 14.5 Å². The third kappa shape index (κ3) is 3.30. The zero-order valence-corrected chi connectivity index (χ0v) is 9.23. The van der Waals surface area contributed by atoms with E-state index in [1.54, 1.807) is 0 Å². The number of halogens is 2. The summed E-state index contributed by atoms with van der Waals surface area (Å²) < 4.78 is 48.2. The summed E-state index contributed by atoms with van der Waals surface area (Å²) in [6, 6.07) is 3.41. The van der Waals surface area contributed by atoms with Crippen molar-refractivity contribution in [3.8, 4) is 0 Å². The van der Waals surface area contributed by atoms with Crippen molar-refractivity contribution in [2.24, 2.45) is 0 Å². The Morgan fingerprint density at radius 3 is 2.38 bits per heavy atom. The van der Waals surface area contributed by atoms with E-state index in [2.05, 4.69) is 11.9 Å². The van der Waals surface area contributed by atoms with Crippen molar-refractivity contribution in [3.05, 3.63) is 41.8 Å². The number of anilines is 1. The minimum absolute atomic E-state index is 0.0772. The maximum Gasteiger partial charge on any atom is 0.172 e. The van der Waals surface area contributed by atoms with Gasteiger partial charge in [-0.15, -0.1) is 0 Å². The van der Waals surface area contributed by atoms with Gasteiger partial charge in [0.05, 0.1) is 5.75 Å². The molecule has 0 spiro atoms. The maximum absolute atomic E-state index is 13.1. The van der Waals surface area contributed by atoms with Gasteiger partial charge in [-0.1, -0.05) is 12.6 Å². The lowest BCUT2D eigenvalue weighted by atomic mass is 10.3. The van der Waals surface area contributed by atoms with E-state index in [0.717, 1.165) is 17.5 Å². The molecule has 0 aliphatic heterocycles. The fourth-order valence-corrected chi connectivity index (χ4v) is 1.62. The number of sulfone groups is 1. The summed E-state index contributed by atoms with van der Waals surface area (Å²) in [5.41, 5.74) is -0.318. The van der Waals surface area contributed by atoms with Crippen molar-refractivity contribution in [2.75, 3.05) is 17.6 Å². The highest BCUT2D eigenvalue weighted by Crippen LogP contribution is 2.17. The molecule has 1 N–H and O–H groups in total. The Labute approximate surface area is 92.7 Å². The Bertz CT molecular complexity index is 465. The zero-order chi connectivity index (χ0) is 12.2. The first-order chi connectivity index (χ1) is 7.46. The summed E-state index contributed by atoms with van der Waals surface area (Å²) in [7, 11) is -3.36. The smallest absolute Gasteiger partial charge is 0.172 e. The number of para-hydroxylation sites is 1. The van der Waals surface area contributed by atoms with Crippen LogP contribution >= 0.6 is 0 Å². The predicted octanol–water partition coefficient (Wildman–Crippen LogP) is 1.93. The molecular weight excluding hydrogens is 236 g/mol. The van der Waals surface area contributed by atoms with Gasteiger partial charge in [0.1, 0.15) is 17.3 Å². The summed E-state index contributed by atoms with van der Waals surface area (Å²) in [6.45, 7) is 3.05. The van der Waals surface area contributed by atoms with E-state index in [0.29, 0.717) is 0 Å². The van der Waals surface area contributed by atoms with Gasteiger partial charge in [0, 0.05) is 12.0 Å². The van der Waals surface area contributed by atoms with Gasteiger partial charge in [-0.2, -0.15) is 0 Å². The summed E-state index contributed by atoms with van der Waals surface area (Å²) in [5, 5.41) is 3.21. The van der Waals surface area contributed by atoms with Crippen LogP contribution < -0.4 is 5.32 Å². The van der Waals surface area contributed by atoms with Gasteiger partial charge >= 0.3 is 0 Å². The van der Waals surface area contributed by atoms with Gasteiger partial charge in [0.15, 0.2) is 9.84 Å². The molecule has 0 unspecified atom stereocenters. The summed E-state index contributed by atoms with van der Waals surface area (Å²) >= 11 is 0. The SMILES string of the molecule is C=CS(=O)(=O)CCNc1c(F)cccc1F. The molecule has 1 aromatic rings. The molecule has 0 bridgehead atoms. The molecule has 0 heterocycles. The molecule has 1 rings (SSSR count). The van der Waals surface area contributed by atoms with Crippen LogP contribution in [0.2, 0.25) is 0 Å². The van der Waals surface area contributed by atoms with E-state index < -0.39 is 21.5 Å². The fourth-order valence-electron chi connectivity index (χ4n) is 1.07. The van der Waals surface area contributed by atoms with E-state index in [4.69, 9.17) is 0 Å². The highest BCUT2D eigenvalue weighted by molar-refractivity contribution is 7.94. The van der Waals surface area contributed by atoms with Gasteiger partial charge in [0.2, 0.25) is 0 Å². The van der Waals surface area contributed by atoms with Gasteiger partial charge < -0.3 is 5.32 Å². The van der Waals surface area contributed by atoms with Crippen LogP contribution in [0.1, 0.15) is 0 Å². The van der Waals surface area contributed by atoms with Crippen molar-refractivity contribution < 1.29 is 17.2 Å². The molecule has 0 aliphatic carbocycles. The first kappa shape index (κ1) is 12.6. The zero-order valence-electron chi connectivity index (χ0n) is 8.41. The quantitative estimate of drug-likeness (QED) is 0.864. The monoisotopic (exact) mass is 247 g/mol. The summed E-state index contributed by atoms with van der Waals surface area (Å²) in [6.07, 6.45) is 0. The molecule has 0 saturated heterocycles. The van der Waals surface area contributed by atoms with Crippen molar-refractivity contribution in [1.29, 1.82) is 0 Å². The van der Waals surface area contributed by atoms with E-state index in [9.17, 15) is 17.2 Å². The van der Waals surface area contributed by atoms with Crippen LogP contribution in [0.25, 0.3) is 0 Å². The minimum atomic E-state index is -3.36. The second kappa shape index (κ2) is 5.07. The van der Waals surface area contributed by atoms with Gasteiger partial charge in [-0.25, -0.2) is 17.2 Å². The average Bonchev–Trinajstić information content (AvgIpc) is 2.22. The Hall–Kier alpha value is -1.43. The Morgan fingerprint density at radius 2 is 1.88 bits per heavy atom. The highest BCUT2D eigenvalue weighted by atomic mass is 32.2. The van der Waals surface area contributed by atoms with Gasteiger partial charge in [-0.05, 0) is 12.1 Å². The number of nitrogens with one attached hydrogen (secondary N) is 1. The summed E-state index contributed by atoms with van der Waals surface area (Å²) in [4.78, 5) is 0. The van der Waals surface area contributed by atoms with Crippen molar-refractivity contribution in [2.45, 2.75) is 0 Å². The van der Waals surface area contributed by atoms with Crippen LogP contribution in [0.3, 0.4) is 0 Å². The largest absolute Gasteiger partial charge is 0.379 e. The standard InChI is InChI=1S/C10H11F2NO2S/c1-2-16(14,15)7-6-13-10-8(11)4-3-5-9(10)12/h2-5,13H,1,6-7H2. The molecule has 0 radical (unpaired) electrons. The molecule has 0 amide bonds. The molecule has 88 valence electrons. The normalized spacial score (nSPS) is 11.1. The fraction of sp³-hybridized carbons (Fsp3) is 0.200. The number of rotatable bonds is 5. The number of benzene rings is 1. The molecule has 0 aromatic heterocycles. The van der Waals surface area contributed by atoms with E-state index in [-0.39, 0.29) is 18.0 Å². The molecule has 0 aliphatic rings. The van der Waals surface area contributed by atoms with E-state index in [1.807, 2.05) is 0 Å². The van der Waals surface area contributed by atoms with Crippen LogP contribution in [0, 0.1) is 11.6 Å². The Balaban J connectivity index is 2.66. The lowest BCUT2D eigenvalue weighted by molar-refractivity contribution is 0.587. The lowest BCUT2D eigenvalue weighted by Gasteiger charge is -2.07. The highest BCUT2D eigenvalue weighted by Gasteiger charge is 2.09. The third-order valence-corrected chi connectivity index (χ3v) is 3.19. The predicted molar refractivity (Wildman–Crippen MR) is 58.8 cm³/mol. The average molecular weight is 247 g/mol. The molecule has 6 heteroatoms. The second-order valence-electron chi connectivity index (χ2n) is 3.06. The molecular formula is C10H11F2NO2S. The van der Waals surface area contributed by atoms with Crippen LogP contribution in [0.5, 0.6) is 0 Å². The first-order valence-corrected chi connectivity index (χ1v) is 6.21. The molecule has 0 fully saturated rings. The molecule has 0 saturated carbocycles. The maximum atomic E-state index is 13.1. The van der Waals surface area contributed by atoms with Gasteiger partial charge in [-0.3, -0.25) is 0 Å². The first-order valence-electron chi connectivity index (χ1n) is 4.49. The van der Waals surface area contributed by atoms with E-state index >= 15 is 0 Å². The van der Waals surface area contributed by atoms with Crippen LogP contribution in [0.15, 0.2) is 30.2 Å². The minimum Gasteiger partial charge on any atom is -0.379 e. The van der Waals surface area contributed by atoms with Crippen LogP contribution in [-0.2, 0) is 9.84 Å². The van der Waals surface area contributed by atoms with Crippen LogP contribution in [-0.4, -0.2) is 20.7 Å². The second-order valence-corrected chi connectivity index (χ2v) is 5.12. The third-order valence-electron chi connectivity index (χ3n) is 1.91. The lowest BCUT2D eigenvalue weighted by Crippen LogP contribution is -2.14. The molecule has 0 atom stereocenters. The number of hydrogen-bond acceptors (Lipinski definition) is 3. The molecule has 16 heavy (non-hydrogen) atoms. The van der Waals surface area contributed by atoms with Crippen molar-refractivity contribution in [1.82, 2.24) is 0 Å². The Kier molecular flexibility index (Phi) is 4.00. The Morgan fingerprint density at radius 1 is 1.31 bits per heavy atom. The van der Waals surface area contributed by atoms with E-state index in [1.165, 1.54) is 6.07 Å². The number of hydrogen-bond donors (Lipinski definition) is 1. The molecule has 3 nitrogen and oxygen atoms in total.